The average Bonchev–Trinajstić information content (AvgIpc) is 2.90. The van der Waals surface area contributed by atoms with Crippen molar-refractivity contribution in [1.29, 1.82) is 0 Å². The molecule has 2 saturated heterocycles. The Hall–Kier alpha value is -1.28. The molecule has 7 heteroatoms. The number of esters is 1. The SMILES string of the molecule is CC1=CC(=O)[C@@H](O)[C@@]2(C)[C@@H]1C[C@H]1OC(=O)C[C@H]3[C@@H](C)[C@@H](O)[C@]4(O)OC[C@]13[C@H]42. The van der Waals surface area contributed by atoms with E-state index in [1.54, 1.807) is 0 Å². The van der Waals surface area contributed by atoms with Crippen LogP contribution in [0.2, 0.25) is 0 Å². The van der Waals surface area contributed by atoms with Gasteiger partial charge in [0.15, 0.2) is 11.6 Å². The summed E-state index contributed by atoms with van der Waals surface area (Å²) in [5.74, 6) is -4.15. The first-order valence-electron chi connectivity index (χ1n) is 9.72. The quantitative estimate of drug-likeness (QED) is 0.515. The summed E-state index contributed by atoms with van der Waals surface area (Å²) in [4.78, 5) is 24.9. The number of aliphatic hydroxyl groups excluding tert-OH is 2. The normalized spacial score (nSPS) is 58.9. The van der Waals surface area contributed by atoms with Crippen LogP contribution in [0.3, 0.4) is 0 Å². The first-order valence-corrected chi connectivity index (χ1v) is 9.72. The van der Waals surface area contributed by atoms with Gasteiger partial charge in [-0.1, -0.05) is 19.4 Å². The number of allylic oxidation sites excluding steroid dienone is 1. The largest absolute Gasteiger partial charge is 0.462 e. The summed E-state index contributed by atoms with van der Waals surface area (Å²) in [7, 11) is 0. The first kappa shape index (κ1) is 17.8. The van der Waals surface area contributed by atoms with Crippen LogP contribution in [0, 0.1) is 34.5 Å². The van der Waals surface area contributed by atoms with Gasteiger partial charge in [-0.05, 0) is 37.2 Å². The highest BCUT2D eigenvalue weighted by atomic mass is 16.6. The van der Waals surface area contributed by atoms with Crippen molar-refractivity contribution in [3.05, 3.63) is 11.6 Å². The summed E-state index contributed by atoms with van der Waals surface area (Å²) in [5.41, 5.74) is -0.927. The third-order valence-electron chi connectivity index (χ3n) is 8.61. The van der Waals surface area contributed by atoms with Gasteiger partial charge < -0.3 is 24.8 Å². The Labute approximate surface area is 157 Å². The zero-order chi connectivity index (χ0) is 19.5. The van der Waals surface area contributed by atoms with Gasteiger partial charge in [-0.25, -0.2) is 0 Å². The minimum atomic E-state index is -1.88. The number of hydrogen-bond acceptors (Lipinski definition) is 7. The van der Waals surface area contributed by atoms with Gasteiger partial charge in [0.25, 0.3) is 0 Å². The zero-order valence-electron chi connectivity index (χ0n) is 15.7. The zero-order valence-corrected chi connectivity index (χ0v) is 15.7. The topological polar surface area (TPSA) is 113 Å². The molecule has 2 bridgehead atoms. The lowest BCUT2D eigenvalue weighted by Crippen LogP contribution is -2.75. The second-order valence-corrected chi connectivity index (χ2v) is 9.53. The van der Waals surface area contributed by atoms with Gasteiger partial charge in [0.1, 0.15) is 18.3 Å². The van der Waals surface area contributed by atoms with E-state index in [0.717, 1.165) is 5.57 Å². The van der Waals surface area contributed by atoms with Gasteiger partial charge in [-0.2, -0.15) is 0 Å². The minimum absolute atomic E-state index is 0.143. The summed E-state index contributed by atoms with van der Waals surface area (Å²) in [6.07, 6.45) is -0.917. The number of carbonyl (C=O) groups is 2. The molecule has 0 amide bonds. The molecule has 0 unspecified atom stereocenters. The maximum atomic E-state index is 12.5. The summed E-state index contributed by atoms with van der Waals surface area (Å²) < 4.78 is 11.6. The third kappa shape index (κ3) is 1.74. The van der Waals surface area contributed by atoms with Crippen molar-refractivity contribution in [2.24, 2.45) is 34.5 Å². The Balaban J connectivity index is 1.78. The number of carbonyl (C=O) groups excluding carboxylic acids is 2. The molecule has 3 N–H and O–H groups in total. The summed E-state index contributed by atoms with van der Waals surface area (Å²) in [6.45, 7) is 5.62. The predicted molar refractivity (Wildman–Crippen MR) is 91.0 cm³/mol. The van der Waals surface area contributed by atoms with Crippen molar-refractivity contribution < 1.29 is 34.4 Å². The van der Waals surface area contributed by atoms with Crippen molar-refractivity contribution in [3.8, 4) is 0 Å². The Morgan fingerprint density at radius 1 is 1.26 bits per heavy atom. The van der Waals surface area contributed by atoms with E-state index in [4.69, 9.17) is 9.47 Å². The van der Waals surface area contributed by atoms with Crippen LogP contribution in [0.25, 0.3) is 0 Å². The number of fused-ring (bicyclic) bond motifs is 1. The maximum Gasteiger partial charge on any atom is 0.306 e. The van der Waals surface area contributed by atoms with Crippen molar-refractivity contribution in [2.45, 2.75) is 57.7 Å². The molecule has 2 heterocycles. The van der Waals surface area contributed by atoms with Gasteiger partial charge in [-0.15, -0.1) is 0 Å². The maximum absolute atomic E-state index is 12.5. The number of hydrogen-bond donors (Lipinski definition) is 3. The molecule has 0 aromatic carbocycles. The Kier molecular flexibility index (Phi) is 3.30. The summed E-state index contributed by atoms with van der Waals surface area (Å²) in [5, 5.41) is 33.5. The van der Waals surface area contributed by atoms with Crippen LogP contribution in [0.5, 0.6) is 0 Å². The molecule has 0 radical (unpaired) electrons. The Bertz CT molecular complexity index is 776. The minimum Gasteiger partial charge on any atom is -0.462 e. The molecule has 3 aliphatic carbocycles. The van der Waals surface area contributed by atoms with Crippen LogP contribution in [0.15, 0.2) is 11.6 Å². The second-order valence-electron chi connectivity index (χ2n) is 9.53. The fourth-order valence-corrected chi connectivity index (χ4v) is 7.54. The molecule has 0 aromatic rings. The smallest absolute Gasteiger partial charge is 0.306 e. The summed E-state index contributed by atoms with van der Waals surface area (Å²) in [6, 6.07) is 0. The Morgan fingerprint density at radius 3 is 2.67 bits per heavy atom. The van der Waals surface area contributed by atoms with E-state index < -0.39 is 40.8 Å². The lowest BCUT2D eigenvalue weighted by Gasteiger charge is -2.67. The third-order valence-corrected chi connectivity index (χ3v) is 8.61. The first-order chi connectivity index (χ1) is 12.6. The van der Waals surface area contributed by atoms with Crippen molar-refractivity contribution >= 4 is 11.8 Å². The molecule has 5 rings (SSSR count). The fourth-order valence-electron chi connectivity index (χ4n) is 7.54. The molecule has 148 valence electrons. The number of ketones is 1. The van der Waals surface area contributed by atoms with Gasteiger partial charge in [0, 0.05) is 23.2 Å². The molecule has 2 aliphatic heterocycles. The molecule has 27 heavy (non-hydrogen) atoms. The molecule has 7 nitrogen and oxygen atoms in total. The van der Waals surface area contributed by atoms with Crippen LogP contribution in [0.4, 0.5) is 0 Å². The fraction of sp³-hybridized carbons (Fsp3) is 0.800. The number of ether oxygens (including phenoxy) is 2. The van der Waals surface area contributed by atoms with Crippen LogP contribution >= 0.6 is 0 Å². The lowest BCUT2D eigenvalue weighted by molar-refractivity contribution is -0.332. The monoisotopic (exact) mass is 378 g/mol. The van der Waals surface area contributed by atoms with E-state index in [0.29, 0.717) is 6.42 Å². The van der Waals surface area contributed by atoms with Crippen LogP contribution in [0.1, 0.15) is 33.6 Å². The van der Waals surface area contributed by atoms with E-state index in [-0.39, 0.29) is 42.5 Å². The number of rotatable bonds is 0. The van der Waals surface area contributed by atoms with E-state index in [1.807, 2.05) is 20.8 Å². The molecular weight excluding hydrogens is 352 g/mol. The highest BCUT2D eigenvalue weighted by molar-refractivity contribution is 5.96. The van der Waals surface area contributed by atoms with Gasteiger partial charge >= 0.3 is 5.97 Å². The van der Waals surface area contributed by atoms with Crippen LogP contribution in [-0.2, 0) is 19.1 Å². The molecule has 1 spiro atoms. The molecule has 4 fully saturated rings. The van der Waals surface area contributed by atoms with Crippen molar-refractivity contribution in [3.63, 3.8) is 0 Å². The highest BCUT2D eigenvalue weighted by Gasteiger charge is 2.81. The lowest BCUT2D eigenvalue weighted by atomic mass is 9.38. The predicted octanol–water partition coefficient (Wildman–Crippen LogP) is 0.166. The number of aliphatic hydroxyl groups is 3. The van der Waals surface area contributed by atoms with E-state index >= 15 is 0 Å². The van der Waals surface area contributed by atoms with Crippen molar-refractivity contribution in [1.82, 2.24) is 0 Å². The van der Waals surface area contributed by atoms with E-state index in [2.05, 4.69) is 0 Å². The standard InChI is InChI=1S/C20H26O7/c1-8-4-12(21)16(24)18(3)10(8)5-13-19-7-26-20(25,17(18)19)15(23)9(2)11(19)6-14(22)27-13/h4,9-11,13,15-17,23-25H,5-7H2,1-3H3/t9-,10-,11+,13-,15-,16-,17-,18-,19-,20+/m1/s1. The van der Waals surface area contributed by atoms with Crippen LogP contribution in [-0.4, -0.2) is 57.8 Å². The van der Waals surface area contributed by atoms with Crippen molar-refractivity contribution in [2.75, 3.05) is 6.61 Å². The van der Waals surface area contributed by atoms with Gasteiger partial charge in [0.05, 0.1) is 6.61 Å². The Morgan fingerprint density at radius 2 is 1.96 bits per heavy atom. The van der Waals surface area contributed by atoms with Gasteiger partial charge in [0.2, 0.25) is 0 Å². The summed E-state index contributed by atoms with van der Waals surface area (Å²) >= 11 is 0. The molecule has 10 atom stereocenters. The average molecular weight is 378 g/mol. The van der Waals surface area contributed by atoms with Gasteiger partial charge in [-0.3, -0.25) is 9.59 Å². The van der Waals surface area contributed by atoms with E-state index in [1.165, 1.54) is 6.08 Å². The van der Waals surface area contributed by atoms with Crippen LogP contribution < -0.4 is 0 Å². The highest BCUT2D eigenvalue weighted by Crippen LogP contribution is 2.73. The molecular formula is C20H26O7. The molecule has 0 aromatic heterocycles. The second kappa shape index (κ2) is 5.00. The molecule has 5 aliphatic rings. The van der Waals surface area contributed by atoms with E-state index in [9.17, 15) is 24.9 Å². The molecule has 2 saturated carbocycles.